The predicted molar refractivity (Wildman–Crippen MR) is 128 cm³/mol. The van der Waals surface area contributed by atoms with Gasteiger partial charge in [-0.2, -0.15) is 0 Å². The van der Waals surface area contributed by atoms with E-state index >= 15 is 0 Å². The molecule has 0 radical (unpaired) electrons. The molecule has 0 N–H and O–H groups in total. The fraction of sp³-hybridized carbons (Fsp3) is 0.458. The Morgan fingerprint density at radius 2 is 1.91 bits per heavy atom. The number of anilines is 2. The third-order valence-electron chi connectivity index (χ3n) is 5.59. The molecule has 0 amide bonds. The zero-order chi connectivity index (χ0) is 24.1. The molecule has 9 nitrogen and oxygen atoms in total. The number of aromatic nitrogens is 4. The van der Waals surface area contributed by atoms with Gasteiger partial charge in [-0.3, -0.25) is 4.57 Å². The largest absolute Gasteiger partial charge is 0.486 e. The first-order chi connectivity index (χ1) is 16.6. The van der Waals surface area contributed by atoms with Crippen LogP contribution in [0.3, 0.4) is 0 Å². The molecule has 5 rings (SSSR count). The van der Waals surface area contributed by atoms with E-state index in [0.717, 1.165) is 37.0 Å². The van der Waals surface area contributed by atoms with Gasteiger partial charge >= 0.3 is 0 Å². The van der Waals surface area contributed by atoms with Gasteiger partial charge < -0.3 is 24.0 Å². The molecule has 0 aliphatic carbocycles. The summed E-state index contributed by atoms with van der Waals surface area (Å²) >= 11 is 0. The van der Waals surface area contributed by atoms with Gasteiger partial charge in [-0.05, 0) is 18.2 Å². The summed E-state index contributed by atoms with van der Waals surface area (Å²) in [7, 11) is 3.21. The van der Waals surface area contributed by atoms with Gasteiger partial charge in [-0.1, -0.05) is 26.3 Å². The highest BCUT2D eigenvalue weighted by Crippen LogP contribution is 2.37. The minimum atomic E-state index is -0.325. The molecule has 34 heavy (non-hydrogen) atoms. The number of hydrogen-bond donors (Lipinski definition) is 0. The first kappa shape index (κ1) is 23.7. The summed E-state index contributed by atoms with van der Waals surface area (Å²) in [4.78, 5) is 8.67. The van der Waals surface area contributed by atoms with Crippen molar-refractivity contribution in [1.82, 2.24) is 19.7 Å². The lowest BCUT2D eigenvalue weighted by Crippen LogP contribution is -2.61. The maximum Gasteiger partial charge on any atom is 0.232 e. The predicted octanol–water partition coefficient (Wildman–Crippen LogP) is 3.46. The van der Waals surface area contributed by atoms with Gasteiger partial charge in [-0.25, -0.2) is 9.37 Å². The second-order valence-electron chi connectivity index (χ2n) is 8.14. The van der Waals surface area contributed by atoms with Gasteiger partial charge in [0, 0.05) is 26.3 Å². The molecule has 0 bridgehead atoms. The van der Waals surface area contributed by atoms with Crippen LogP contribution in [0.1, 0.15) is 26.1 Å². The molecule has 1 fully saturated rings. The molecule has 2 aliphatic rings. The van der Waals surface area contributed by atoms with Crippen LogP contribution in [-0.4, -0.2) is 66.3 Å². The minimum Gasteiger partial charge on any atom is -0.486 e. The molecule has 1 aromatic carbocycles. The molecule has 3 aromatic rings. The Labute approximate surface area is 199 Å². The van der Waals surface area contributed by atoms with E-state index in [1.165, 1.54) is 12.5 Å². The zero-order valence-corrected chi connectivity index (χ0v) is 20.1. The van der Waals surface area contributed by atoms with E-state index < -0.39 is 0 Å². The molecule has 0 atom stereocenters. The Kier molecular flexibility index (Phi) is 7.46. The van der Waals surface area contributed by atoms with Gasteiger partial charge in [0.15, 0.2) is 17.4 Å². The average molecular weight is 471 g/mol. The lowest BCUT2D eigenvalue weighted by molar-refractivity contribution is 0.176. The lowest BCUT2D eigenvalue weighted by Gasteiger charge is -2.48. The lowest BCUT2D eigenvalue weighted by atomic mass is 10.1. The number of fused-ring (bicyclic) bond motifs is 1. The fourth-order valence-corrected chi connectivity index (χ4v) is 4.05. The van der Waals surface area contributed by atoms with Crippen molar-refractivity contribution in [3.63, 3.8) is 0 Å². The summed E-state index contributed by atoms with van der Waals surface area (Å²) in [6, 6.07) is 9.00. The van der Waals surface area contributed by atoms with Gasteiger partial charge in [0.25, 0.3) is 0 Å². The van der Waals surface area contributed by atoms with E-state index in [9.17, 15) is 4.39 Å². The number of nitrogens with zero attached hydrogens (tertiary/aromatic N) is 6. The van der Waals surface area contributed by atoms with E-state index in [0.29, 0.717) is 30.7 Å². The first-order valence-electron chi connectivity index (χ1n) is 11.5. The third-order valence-corrected chi connectivity index (χ3v) is 5.59. The normalized spacial score (nSPS) is 15.1. The summed E-state index contributed by atoms with van der Waals surface area (Å²) in [5, 5.41) is 8.73. The number of hydrogen-bond acceptors (Lipinski definition) is 8. The van der Waals surface area contributed by atoms with Crippen molar-refractivity contribution in [3.05, 3.63) is 48.2 Å². The van der Waals surface area contributed by atoms with E-state index in [2.05, 4.69) is 38.8 Å². The Balaban J connectivity index is 0.000000868. The first-order valence-corrected chi connectivity index (χ1v) is 11.5. The van der Waals surface area contributed by atoms with Gasteiger partial charge in [0.1, 0.15) is 13.2 Å². The van der Waals surface area contributed by atoms with Crippen LogP contribution in [0.15, 0.2) is 36.5 Å². The van der Waals surface area contributed by atoms with Crippen LogP contribution in [-0.2, 0) is 11.3 Å². The van der Waals surface area contributed by atoms with E-state index in [1.807, 2.05) is 16.7 Å². The smallest absolute Gasteiger partial charge is 0.232 e. The van der Waals surface area contributed by atoms with Crippen LogP contribution in [0, 0.1) is 5.82 Å². The molecule has 10 heteroatoms. The molecule has 182 valence electrons. The molecule has 0 spiro atoms. The number of para-hydroxylation sites is 1. The van der Waals surface area contributed by atoms with Crippen molar-refractivity contribution in [1.29, 1.82) is 0 Å². The molecule has 1 saturated heterocycles. The van der Waals surface area contributed by atoms with Crippen LogP contribution in [0.2, 0.25) is 0 Å². The van der Waals surface area contributed by atoms with E-state index in [4.69, 9.17) is 14.2 Å². The third kappa shape index (κ3) is 4.63. The highest BCUT2D eigenvalue weighted by Gasteiger charge is 2.38. The zero-order valence-electron chi connectivity index (χ0n) is 20.1. The Morgan fingerprint density at radius 3 is 2.59 bits per heavy atom. The molecule has 2 aliphatic heterocycles. The number of rotatable bonds is 6. The molecular formula is C24H31FN6O3. The summed E-state index contributed by atoms with van der Waals surface area (Å²) in [6.07, 6.45) is 2.98. The van der Waals surface area contributed by atoms with Crippen LogP contribution >= 0.6 is 0 Å². The van der Waals surface area contributed by atoms with E-state index in [1.54, 1.807) is 32.5 Å². The number of benzene rings is 1. The Hall–Kier alpha value is -3.40. The molecule has 4 heterocycles. The number of pyridine rings is 1. The highest BCUT2D eigenvalue weighted by atomic mass is 19.1. The van der Waals surface area contributed by atoms with Gasteiger partial charge in [0.2, 0.25) is 11.8 Å². The standard InChI is InChI=1S/C21H23FN6O3.C3H8/c1-29-13-18-24-25-21(28(18)14-6-7-19(30-2)23-10-14)26-11-15(12-26)27-8-9-31-20-16(22)4-3-5-17(20)27;1-3-2/h3-7,10,15H,8-9,11-13H2,1-2H3;3H2,1-2H3. The average Bonchev–Trinajstić information content (AvgIpc) is 3.22. The fourth-order valence-electron chi connectivity index (χ4n) is 4.05. The number of halogens is 1. The van der Waals surface area contributed by atoms with Crippen LogP contribution in [0.5, 0.6) is 11.6 Å². The SMILES string of the molecule is CCC.COCc1nnc(N2CC(N3CCOc4c(F)cccc43)C2)n1-c1ccc(OC)nc1. The maximum absolute atomic E-state index is 14.1. The quantitative estimate of drug-likeness (QED) is 0.542. The summed E-state index contributed by atoms with van der Waals surface area (Å²) in [5.41, 5.74) is 1.63. The van der Waals surface area contributed by atoms with Crippen molar-refractivity contribution in [3.8, 4) is 17.3 Å². The number of ether oxygens (including phenoxy) is 3. The molecule has 2 aromatic heterocycles. The number of methoxy groups -OCH3 is 2. The Bertz CT molecular complexity index is 1080. The molecule has 0 saturated carbocycles. The van der Waals surface area contributed by atoms with Crippen molar-refractivity contribution in [2.45, 2.75) is 32.9 Å². The van der Waals surface area contributed by atoms with Crippen molar-refractivity contribution in [2.75, 3.05) is 50.3 Å². The van der Waals surface area contributed by atoms with E-state index in [-0.39, 0.29) is 11.9 Å². The van der Waals surface area contributed by atoms with Gasteiger partial charge in [0.05, 0.1) is 37.3 Å². The minimum absolute atomic E-state index is 0.231. The van der Waals surface area contributed by atoms with Crippen molar-refractivity contribution in [2.24, 2.45) is 0 Å². The van der Waals surface area contributed by atoms with Crippen LogP contribution < -0.4 is 19.3 Å². The second kappa shape index (κ2) is 10.7. The summed E-state index contributed by atoms with van der Waals surface area (Å²) < 4.78 is 32.1. The summed E-state index contributed by atoms with van der Waals surface area (Å²) in [6.45, 7) is 7.25. The second-order valence-corrected chi connectivity index (χ2v) is 8.14. The topological polar surface area (TPSA) is 77.8 Å². The van der Waals surface area contributed by atoms with Crippen molar-refractivity contribution >= 4 is 11.6 Å². The highest BCUT2D eigenvalue weighted by molar-refractivity contribution is 5.62. The maximum atomic E-state index is 14.1. The van der Waals surface area contributed by atoms with Gasteiger partial charge in [-0.15, -0.1) is 10.2 Å². The molecule has 0 unspecified atom stereocenters. The molecular weight excluding hydrogens is 439 g/mol. The van der Waals surface area contributed by atoms with Crippen LogP contribution in [0.4, 0.5) is 16.0 Å². The Morgan fingerprint density at radius 1 is 1.12 bits per heavy atom. The monoisotopic (exact) mass is 470 g/mol. The van der Waals surface area contributed by atoms with Crippen LogP contribution in [0.25, 0.3) is 5.69 Å². The van der Waals surface area contributed by atoms with Crippen molar-refractivity contribution < 1.29 is 18.6 Å². The summed E-state index contributed by atoms with van der Waals surface area (Å²) in [5.74, 6) is 1.96.